The molecule has 1 aliphatic heterocycles. The van der Waals surface area contributed by atoms with E-state index in [-0.39, 0.29) is 0 Å². The van der Waals surface area contributed by atoms with E-state index in [9.17, 15) is 4.79 Å². The molecule has 1 heterocycles. The smallest absolute Gasteiger partial charge is 0.226 e. The first kappa shape index (κ1) is 15.9. The molecule has 1 saturated carbocycles. The fourth-order valence-electron chi connectivity index (χ4n) is 4.55. The van der Waals surface area contributed by atoms with Gasteiger partial charge in [0.1, 0.15) is 0 Å². The summed E-state index contributed by atoms with van der Waals surface area (Å²) in [6.07, 6.45) is 7.53. The van der Waals surface area contributed by atoms with Crippen LogP contribution >= 0.6 is 0 Å². The molecule has 0 bridgehead atoms. The molecule has 20 heavy (non-hydrogen) atoms. The molecule has 2 fully saturated rings. The lowest BCUT2D eigenvalue weighted by Gasteiger charge is -2.51. The first-order chi connectivity index (χ1) is 9.38. The summed E-state index contributed by atoms with van der Waals surface area (Å²) >= 11 is 0. The molecule has 0 N–H and O–H groups in total. The summed E-state index contributed by atoms with van der Waals surface area (Å²) in [6.45, 7) is 12.5. The minimum absolute atomic E-state index is 0.291. The van der Waals surface area contributed by atoms with Gasteiger partial charge < -0.3 is 4.90 Å². The predicted molar refractivity (Wildman–Crippen MR) is 84.5 cm³/mol. The Bertz CT molecular complexity index is 349. The van der Waals surface area contributed by atoms with Gasteiger partial charge in [0.2, 0.25) is 5.91 Å². The topological polar surface area (TPSA) is 20.3 Å². The lowest BCUT2D eigenvalue weighted by molar-refractivity contribution is -0.149. The van der Waals surface area contributed by atoms with Gasteiger partial charge in [0.15, 0.2) is 0 Å². The normalized spacial score (nSPS) is 36.0. The molecular formula is C18H33NO. The van der Waals surface area contributed by atoms with Gasteiger partial charge in [-0.25, -0.2) is 0 Å². The second kappa shape index (κ2) is 6.07. The van der Waals surface area contributed by atoms with Crippen LogP contribution in [0.25, 0.3) is 0 Å². The Morgan fingerprint density at radius 3 is 2.40 bits per heavy atom. The van der Waals surface area contributed by atoms with Gasteiger partial charge in [-0.3, -0.25) is 4.79 Å². The van der Waals surface area contributed by atoms with Gasteiger partial charge in [-0.05, 0) is 50.4 Å². The quantitative estimate of drug-likeness (QED) is 0.729. The average Bonchev–Trinajstić information content (AvgIpc) is 2.36. The average molecular weight is 279 g/mol. The highest BCUT2D eigenvalue weighted by molar-refractivity contribution is 5.80. The van der Waals surface area contributed by atoms with E-state index < -0.39 is 0 Å². The van der Waals surface area contributed by atoms with E-state index in [1.54, 1.807) is 0 Å². The Hall–Kier alpha value is -0.530. The zero-order valence-corrected chi connectivity index (χ0v) is 14.1. The van der Waals surface area contributed by atoms with Crippen molar-refractivity contribution in [2.45, 2.75) is 79.2 Å². The minimum Gasteiger partial charge on any atom is -0.340 e. The highest BCUT2D eigenvalue weighted by Crippen LogP contribution is 2.50. The number of carbonyl (C=O) groups is 1. The summed E-state index contributed by atoms with van der Waals surface area (Å²) in [5.74, 6) is 2.01. The summed E-state index contributed by atoms with van der Waals surface area (Å²) in [6, 6.07) is 0.360. The first-order valence-corrected chi connectivity index (χ1v) is 8.68. The van der Waals surface area contributed by atoms with E-state index in [1.807, 2.05) is 0 Å². The number of likely N-dealkylation sites (tertiary alicyclic amines) is 1. The van der Waals surface area contributed by atoms with Crippen molar-refractivity contribution in [3.05, 3.63) is 0 Å². The van der Waals surface area contributed by atoms with Crippen LogP contribution in [0.5, 0.6) is 0 Å². The fraction of sp³-hybridized carbons (Fsp3) is 0.944. The summed E-state index contributed by atoms with van der Waals surface area (Å²) in [5, 5.41) is 0. The van der Waals surface area contributed by atoms with Crippen LogP contribution in [0.2, 0.25) is 0 Å². The number of amides is 1. The summed E-state index contributed by atoms with van der Waals surface area (Å²) < 4.78 is 0. The van der Waals surface area contributed by atoms with Crippen molar-refractivity contribution in [2.24, 2.45) is 23.2 Å². The van der Waals surface area contributed by atoms with Crippen molar-refractivity contribution in [1.29, 1.82) is 0 Å². The second-order valence-electron chi connectivity index (χ2n) is 7.89. The number of hydrogen-bond donors (Lipinski definition) is 0. The Labute approximate surface area is 125 Å². The highest BCUT2D eigenvalue weighted by atomic mass is 16.2. The van der Waals surface area contributed by atoms with Crippen molar-refractivity contribution >= 4 is 5.91 Å². The number of rotatable bonds is 2. The summed E-state index contributed by atoms with van der Waals surface area (Å²) in [7, 11) is 0. The van der Waals surface area contributed by atoms with Crippen molar-refractivity contribution in [2.75, 3.05) is 6.54 Å². The molecule has 0 spiro atoms. The van der Waals surface area contributed by atoms with Crippen molar-refractivity contribution in [3.8, 4) is 0 Å². The van der Waals surface area contributed by atoms with Crippen LogP contribution in [0.3, 0.4) is 0 Å². The molecular weight excluding hydrogens is 246 g/mol. The monoisotopic (exact) mass is 279 g/mol. The zero-order chi connectivity index (χ0) is 14.9. The van der Waals surface area contributed by atoms with Crippen LogP contribution in [0, 0.1) is 23.2 Å². The zero-order valence-electron chi connectivity index (χ0n) is 14.1. The van der Waals surface area contributed by atoms with E-state index >= 15 is 0 Å². The van der Waals surface area contributed by atoms with Gasteiger partial charge in [-0.1, -0.05) is 40.0 Å². The van der Waals surface area contributed by atoms with E-state index in [4.69, 9.17) is 0 Å². The van der Waals surface area contributed by atoms with Crippen LogP contribution in [0.4, 0.5) is 0 Å². The standard InChI is InChI=1S/C18H33NO/c1-13(2)18(5)11-8-6-7-9-15-16(18)10-12-19(14(3)4)17(15)20/h13-16H,6-12H2,1-5H3. The molecule has 3 unspecified atom stereocenters. The predicted octanol–water partition coefficient (Wildman–Crippen LogP) is 4.49. The number of fused-ring (bicyclic) bond motifs is 1. The van der Waals surface area contributed by atoms with Crippen LogP contribution in [-0.4, -0.2) is 23.4 Å². The molecule has 1 amide bonds. The minimum atomic E-state index is 0.291. The van der Waals surface area contributed by atoms with Gasteiger partial charge in [0, 0.05) is 18.5 Å². The molecule has 1 saturated heterocycles. The third-order valence-corrected chi connectivity index (χ3v) is 6.29. The van der Waals surface area contributed by atoms with Gasteiger partial charge in [0.25, 0.3) is 0 Å². The molecule has 0 radical (unpaired) electrons. The molecule has 0 aromatic heterocycles. The molecule has 0 aromatic carbocycles. The lowest BCUT2D eigenvalue weighted by atomic mass is 9.58. The molecule has 0 aromatic rings. The molecule has 1 aliphatic carbocycles. The second-order valence-corrected chi connectivity index (χ2v) is 7.89. The Balaban J connectivity index is 2.27. The number of piperidine rings is 1. The maximum atomic E-state index is 12.9. The number of nitrogens with zero attached hydrogens (tertiary/aromatic N) is 1. The Kier molecular flexibility index (Phi) is 4.81. The highest BCUT2D eigenvalue weighted by Gasteiger charge is 2.47. The third kappa shape index (κ3) is 2.76. The third-order valence-electron chi connectivity index (χ3n) is 6.29. The summed E-state index contributed by atoms with van der Waals surface area (Å²) in [4.78, 5) is 15.0. The molecule has 2 rings (SSSR count). The maximum absolute atomic E-state index is 12.9. The van der Waals surface area contributed by atoms with E-state index in [0.717, 1.165) is 13.0 Å². The van der Waals surface area contributed by atoms with Gasteiger partial charge in [-0.2, -0.15) is 0 Å². The molecule has 2 nitrogen and oxygen atoms in total. The largest absolute Gasteiger partial charge is 0.340 e. The molecule has 2 aliphatic rings. The maximum Gasteiger partial charge on any atom is 0.226 e. The van der Waals surface area contributed by atoms with Crippen molar-refractivity contribution in [3.63, 3.8) is 0 Å². The van der Waals surface area contributed by atoms with E-state index in [2.05, 4.69) is 39.5 Å². The van der Waals surface area contributed by atoms with Crippen LogP contribution in [0.15, 0.2) is 0 Å². The molecule has 116 valence electrons. The van der Waals surface area contributed by atoms with Gasteiger partial charge in [-0.15, -0.1) is 0 Å². The number of hydrogen-bond acceptors (Lipinski definition) is 1. The first-order valence-electron chi connectivity index (χ1n) is 8.68. The fourth-order valence-corrected chi connectivity index (χ4v) is 4.55. The van der Waals surface area contributed by atoms with Crippen LogP contribution < -0.4 is 0 Å². The van der Waals surface area contributed by atoms with Gasteiger partial charge >= 0.3 is 0 Å². The molecule has 2 heteroatoms. The van der Waals surface area contributed by atoms with Gasteiger partial charge in [0.05, 0.1) is 0 Å². The van der Waals surface area contributed by atoms with Crippen molar-refractivity contribution in [1.82, 2.24) is 4.90 Å². The van der Waals surface area contributed by atoms with Crippen LogP contribution in [0.1, 0.15) is 73.1 Å². The van der Waals surface area contributed by atoms with E-state index in [1.165, 1.54) is 32.1 Å². The summed E-state index contributed by atoms with van der Waals surface area (Å²) in [5.41, 5.74) is 0.351. The molecule has 3 atom stereocenters. The lowest BCUT2D eigenvalue weighted by Crippen LogP contribution is -2.53. The van der Waals surface area contributed by atoms with Crippen LogP contribution in [-0.2, 0) is 4.79 Å². The van der Waals surface area contributed by atoms with Crippen molar-refractivity contribution < 1.29 is 4.79 Å². The van der Waals surface area contributed by atoms with E-state index in [0.29, 0.717) is 35.1 Å². The Morgan fingerprint density at radius 2 is 1.80 bits per heavy atom. The Morgan fingerprint density at radius 1 is 1.10 bits per heavy atom. The SMILES string of the molecule is CC(C)N1CCC2C(CCCCCC2(C)C(C)C)C1=O. The number of carbonyl (C=O) groups excluding carboxylic acids is 1.